The molecule has 0 spiro atoms. The second-order valence-electron chi connectivity index (χ2n) is 3.76. The molecule has 2 atom stereocenters. The number of aliphatic hydroxyl groups excluding tert-OH is 2. The molecule has 1 rings (SSSR count). The zero-order valence-corrected chi connectivity index (χ0v) is 9.29. The predicted octanol–water partition coefficient (Wildman–Crippen LogP) is 0.736. The van der Waals surface area contributed by atoms with Crippen molar-refractivity contribution >= 4 is 5.97 Å². The molecular formula is C12H13NO4. The van der Waals surface area contributed by atoms with Gasteiger partial charge >= 0.3 is 5.97 Å². The van der Waals surface area contributed by atoms with Gasteiger partial charge in [0.15, 0.2) is 0 Å². The fourth-order valence-corrected chi connectivity index (χ4v) is 1.65. The van der Waals surface area contributed by atoms with Crippen molar-refractivity contribution in [2.75, 3.05) is 0 Å². The number of carboxylic acid groups (broad SMARTS) is 1. The van der Waals surface area contributed by atoms with E-state index in [-0.39, 0.29) is 11.1 Å². The molecule has 0 bridgehead atoms. The first kappa shape index (κ1) is 13.2. The predicted molar refractivity (Wildman–Crippen MR) is 59.1 cm³/mol. The van der Waals surface area contributed by atoms with Crippen molar-refractivity contribution in [3.63, 3.8) is 0 Å². The minimum absolute atomic E-state index is 0.238. The zero-order valence-electron chi connectivity index (χ0n) is 9.29. The summed E-state index contributed by atoms with van der Waals surface area (Å²) in [7, 11) is 0. The van der Waals surface area contributed by atoms with Crippen molar-refractivity contribution in [2.24, 2.45) is 0 Å². The Bertz CT molecular complexity index is 464. The third kappa shape index (κ3) is 3.03. The van der Waals surface area contributed by atoms with E-state index in [1.54, 1.807) is 19.1 Å². The average molecular weight is 235 g/mol. The van der Waals surface area contributed by atoms with E-state index in [2.05, 4.69) is 0 Å². The van der Waals surface area contributed by atoms with E-state index >= 15 is 0 Å². The lowest BCUT2D eigenvalue weighted by Gasteiger charge is -2.19. The second-order valence-corrected chi connectivity index (χ2v) is 3.76. The number of hydrogen-bond donors (Lipinski definition) is 3. The van der Waals surface area contributed by atoms with Gasteiger partial charge in [-0.15, -0.1) is 0 Å². The van der Waals surface area contributed by atoms with Gasteiger partial charge in [-0.1, -0.05) is 12.1 Å². The Morgan fingerprint density at radius 2 is 2.12 bits per heavy atom. The molecule has 1 aromatic carbocycles. The fourth-order valence-electron chi connectivity index (χ4n) is 1.65. The van der Waals surface area contributed by atoms with Crippen LogP contribution in [0.15, 0.2) is 18.2 Å². The van der Waals surface area contributed by atoms with E-state index in [0.29, 0.717) is 5.56 Å². The van der Waals surface area contributed by atoms with Crippen molar-refractivity contribution in [3.05, 3.63) is 34.9 Å². The zero-order chi connectivity index (χ0) is 13.0. The van der Waals surface area contributed by atoms with Crippen LogP contribution in [-0.4, -0.2) is 27.4 Å². The summed E-state index contributed by atoms with van der Waals surface area (Å²) in [5.41, 5.74) is 1.16. The van der Waals surface area contributed by atoms with Crippen LogP contribution >= 0.6 is 0 Å². The lowest BCUT2D eigenvalue weighted by atomic mass is 9.93. The third-order valence-electron chi connectivity index (χ3n) is 2.49. The molecule has 0 saturated heterocycles. The van der Waals surface area contributed by atoms with Crippen LogP contribution in [0.1, 0.15) is 29.2 Å². The summed E-state index contributed by atoms with van der Waals surface area (Å²) in [4.78, 5) is 10.4. The van der Waals surface area contributed by atoms with Crippen LogP contribution in [0.25, 0.3) is 0 Å². The molecule has 0 aliphatic carbocycles. The number of nitriles is 1. The van der Waals surface area contributed by atoms with Gasteiger partial charge in [-0.2, -0.15) is 5.26 Å². The molecule has 0 radical (unpaired) electrons. The molecule has 5 nitrogen and oxygen atoms in total. The highest BCUT2D eigenvalue weighted by atomic mass is 16.4. The number of aryl methyl sites for hydroxylation is 1. The molecule has 1 aromatic rings. The summed E-state index contributed by atoms with van der Waals surface area (Å²) in [6.45, 7) is 1.69. The number of carboxylic acids is 1. The van der Waals surface area contributed by atoms with Crippen LogP contribution in [0.3, 0.4) is 0 Å². The molecule has 0 amide bonds. The molecule has 3 N–H and O–H groups in total. The number of carbonyl (C=O) groups is 1. The van der Waals surface area contributed by atoms with Gasteiger partial charge in [0.25, 0.3) is 0 Å². The average Bonchev–Trinajstić information content (AvgIpc) is 2.26. The molecule has 0 fully saturated rings. The van der Waals surface area contributed by atoms with Crippen LogP contribution in [0.5, 0.6) is 0 Å². The molecule has 90 valence electrons. The van der Waals surface area contributed by atoms with E-state index in [0.717, 1.165) is 0 Å². The summed E-state index contributed by atoms with van der Waals surface area (Å²) in [5.74, 6) is -1.20. The SMILES string of the molecule is Cc1cccc(C#N)c1C(O)C(O)CC(=O)O. The van der Waals surface area contributed by atoms with Crippen molar-refractivity contribution in [2.45, 2.75) is 25.6 Å². The molecule has 0 saturated carbocycles. The maximum absolute atomic E-state index is 10.4. The highest BCUT2D eigenvalue weighted by Crippen LogP contribution is 2.25. The van der Waals surface area contributed by atoms with E-state index in [4.69, 9.17) is 10.4 Å². The number of hydrogen-bond acceptors (Lipinski definition) is 4. The maximum Gasteiger partial charge on any atom is 0.306 e. The number of rotatable bonds is 4. The number of nitrogens with zero attached hydrogens (tertiary/aromatic N) is 1. The van der Waals surface area contributed by atoms with Gasteiger partial charge in [0.2, 0.25) is 0 Å². The van der Waals surface area contributed by atoms with Gasteiger partial charge < -0.3 is 15.3 Å². The number of benzene rings is 1. The van der Waals surface area contributed by atoms with E-state index in [1.807, 2.05) is 6.07 Å². The summed E-state index contributed by atoms with van der Waals surface area (Å²) in [6, 6.07) is 6.77. The minimum Gasteiger partial charge on any atom is -0.481 e. The standard InChI is InChI=1S/C12H13NO4/c1-7-3-2-4-8(6-13)11(7)12(17)9(14)5-10(15)16/h2-4,9,12,14,17H,5H2,1H3,(H,15,16). The minimum atomic E-state index is -1.43. The fraction of sp³-hybridized carbons (Fsp3) is 0.333. The lowest BCUT2D eigenvalue weighted by Crippen LogP contribution is -2.23. The Kier molecular flexibility index (Phi) is 4.21. The van der Waals surface area contributed by atoms with Gasteiger partial charge in [0.05, 0.1) is 24.2 Å². The second kappa shape index (κ2) is 5.43. The van der Waals surface area contributed by atoms with Crippen molar-refractivity contribution in [1.82, 2.24) is 0 Å². The molecular weight excluding hydrogens is 222 g/mol. The largest absolute Gasteiger partial charge is 0.481 e. The van der Waals surface area contributed by atoms with E-state index in [9.17, 15) is 15.0 Å². The van der Waals surface area contributed by atoms with Crippen LogP contribution in [0, 0.1) is 18.3 Å². The quantitative estimate of drug-likeness (QED) is 0.714. The molecule has 5 heteroatoms. The van der Waals surface area contributed by atoms with Crippen LogP contribution in [0.4, 0.5) is 0 Å². The van der Waals surface area contributed by atoms with Crippen molar-refractivity contribution < 1.29 is 20.1 Å². The van der Waals surface area contributed by atoms with E-state index < -0.39 is 24.6 Å². The smallest absolute Gasteiger partial charge is 0.306 e. The van der Waals surface area contributed by atoms with Crippen molar-refractivity contribution in [1.29, 1.82) is 5.26 Å². The molecule has 0 aliphatic heterocycles. The highest BCUT2D eigenvalue weighted by molar-refractivity contribution is 5.67. The Morgan fingerprint density at radius 3 is 2.65 bits per heavy atom. The van der Waals surface area contributed by atoms with Gasteiger partial charge in [0.1, 0.15) is 6.10 Å². The summed E-state index contributed by atoms with van der Waals surface area (Å²) < 4.78 is 0. The maximum atomic E-state index is 10.4. The normalized spacial score (nSPS) is 13.8. The topological polar surface area (TPSA) is 102 Å². The molecule has 0 aliphatic rings. The van der Waals surface area contributed by atoms with Gasteiger partial charge in [-0.3, -0.25) is 4.79 Å². The van der Waals surface area contributed by atoms with Crippen LogP contribution < -0.4 is 0 Å². The summed E-state index contributed by atoms with van der Waals surface area (Å²) in [6.07, 6.45) is -3.37. The van der Waals surface area contributed by atoms with Crippen LogP contribution in [0.2, 0.25) is 0 Å². The van der Waals surface area contributed by atoms with Crippen LogP contribution in [-0.2, 0) is 4.79 Å². The van der Waals surface area contributed by atoms with Gasteiger partial charge in [0, 0.05) is 5.56 Å². The third-order valence-corrected chi connectivity index (χ3v) is 2.49. The Morgan fingerprint density at radius 1 is 1.47 bits per heavy atom. The van der Waals surface area contributed by atoms with Gasteiger partial charge in [-0.05, 0) is 18.6 Å². The number of aliphatic hydroxyl groups is 2. The number of aliphatic carboxylic acids is 1. The monoisotopic (exact) mass is 235 g/mol. The molecule has 0 aromatic heterocycles. The van der Waals surface area contributed by atoms with E-state index in [1.165, 1.54) is 6.07 Å². The Balaban J connectivity index is 3.07. The summed E-state index contributed by atoms with van der Waals surface area (Å²) in [5, 5.41) is 36.8. The highest BCUT2D eigenvalue weighted by Gasteiger charge is 2.24. The van der Waals surface area contributed by atoms with Crippen molar-refractivity contribution in [3.8, 4) is 6.07 Å². The lowest BCUT2D eigenvalue weighted by molar-refractivity contribution is -0.141. The molecule has 17 heavy (non-hydrogen) atoms. The molecule has 0 heterocycles. The first-order valence-electron chi connectivity index (χ1n) is 5.05. The Labute approximate surface area is 98.6 Å². The Hall–Kier alpha value is -1.90. The first-order chi connectivity index (χ1) is 7.97. The van der Waals surface area contributed by atoms with Gasteiger partial charge in [-0.25, -0.2) is 0 Å². The molecule has 2 unspecified atom stereocenters. The summed E-state index contributed by atoms with van der Waals surface area (Å²) >= 11 is 0. The first-order valence-corrected chi connectivity index (χ1v) is 5.05.